The van der Waals surface area contributed by atoms with Crippen LogP contribution in [0.5, 0.6) is 0 Å². The van der Waals surface area contributed by atoms with Crippen molar-refractivity contribution in [1.29, 1.82) is 0 Å². The number of nitrogens with one attached hydrogen (secondary N) is 2. The van der Waals surface area contributed by atoms with E-state index in [-0.39, 0.29) is 16.7 Å². The predicted molar refractivity (Wildman–Crippen MR) is 60.5 cm³/mol. The Hall–Kier alpha value is -1.36. The number of halogens is 1. The van der Waals surface area contributed by atoms with Gasteiger partial charge in [0.05, 0.1) is 6.20 Å². The van der Waals surface area contributed by atoms with E-state index in [1.54, 1.807) is 0 Å². The molecule has 84 valence electrons. The molecule has 1 aliphatic heterocycles. The molecular formula is C10H11ClN4O. The first-order chi connectivity index (χ1) is 7.67. The zero-order valence-corrected chi connectivity index (χ0v) is 9.34. The molecule has 0 saturated heterocycles. The van der Waals surface area contributed by atoms with Crippen LogP contribution in [-0.4, -0.2) is 21.4 Å². The maximum Gasteiger partial charge on any atom is 0.226 e. The Morgan fingerprint density at radius 2 is 2.25 bits per heavy atom. The van der Waals surface area contributed by atoms with E-state index in [4.69, 9.17) is 11.6 Å². The van der Waals surface area contributed by atoms with Crippen LogP contribution in [0, 0.1) is 0 Å². The third-order valence-electron chi connectivity index (χ3n) is 3.23. The third kappa shape index (κ3) is 1.51. The number of hydrogen-bond acceptors (Lipinski definition) is 4. The molecule has 1 fully saturated rings. The van der Waals surface area contributed by atoms with E-state index in [9.17, 15) is 4.79 Å². The number of fused-ring (bicyclic) bond motifs is 1. The van der Waals surface area contributed by atoms with Crippen molar-refractivity contribution >= 4 is 29.0 Å². The number of nitrogens with zero attached hydrogens (tertiary/aromatic N) is 2. The Kier molecular flexibility index (Phi) is 2.04. The summed E-state index contributed by atoms with van der Waals surface area (Å²) >= 11 is 5.75. The molecule has 2 N–H and O–H groups in total. The lowest BCUT2D eigenvalue weighted by molar-refractivity contribution is -0.117. The summed E-state index contributed by atoms with van der Waals surface area (Å²) in [6, 6.07) is 0. The highest BCUT2D eigenvalue weighted by Crippen LogP contribution is 2.41. The number of aromatic nitrogens is 2. The van der Waals surface area contributed by atoms with Gasteiger partial charge in [0.15, 0.2) is 5.82 Å². The molecule has 1 spiro atoms. The third-order valence-corrected chi connectivity index (χ3v) is 3.41. The largest absolute Gasteiger partial charge is 0.362 e. The predicted octanol–water partition coefficient (Wildman–Crippen LogP) is 1.81. The normalized spacial score (nSPS) is 21.4. The van der Waals surface area contributed by atoms with Gasteiger partial charge in [-0.05, 0) is 30.9 Å². The van der Waals surface area contributed by atoms with E-state index in [1.165, 1.54) is 6.20 Å². The van der Waals surface area contributed by atoms with Crippen molar-refractivity contribution in [2.24, 2.45) is 0 Å². The van der Waals surface area contributed by atoms with Crippen LogP contribution in [-0.2, 0) is 4.79 Å². The van der Waals surface area contributed by atoms with E-state index < -0.39 is 0 Å². The Morgan fingerprint density at radius 1 is 1.44 bits per heavy atom. The van der Waals surface area contributed by atoms with Crippen molar-refractivity contribution in [3.8, 4) is 0 Å². The molecule has 1 saturated carbocycles. The van der Waals surface area contributed by atoms with Gasteiger partial charge in [0.1, 0.15) is 5.69 Å². The van der Waals surface area contributed by atoms with Crippen molar-refractivity contribution < 1.29 is 4.79 Å². The summed E-state index contributed by atoms with van der Waals surface area (Å²) in [5.74, 6) is 0.641. The van der Waals surface area contributed by atoms with Crippen molar-refractivity contribution in [3.05, 3.63) is 11.5 Å². The molecule has 0 bridgehead atoms. The number of anilines is 2. The van der Waals surface area contributed by atoms with Gasteiger partial charge >= 0.3 is 0 Å². The second-order valence-corrected chi connectivity index (χ2v) is 4.72. The van der Waals surface area contributed by atoms with E-state index in [0.29, 0.717) is 17.9 Å². The van der Waals surface area contributed by atoms with Crippen LogP contribution in [0.1, 0.15) is 25.7 Å². The number of carbonyl (C=O) groups is 1. The molecule has 0 unspecified atom stereocenters. The minimum Gasteiger partial charge on any atom is -0.362 e. The van der Waals surface area contributed by atoms with Gasteiger partial charge in [0.25, 0.3) is 0 Å². The molecule has 1 aromatic rings. The number of carbonyl (C=O) groups excluding carboxylic acids is 1. The van der Waals surface area contributed by atoms with Crippen LogP contribution >= 0.6 is 11.6 Å². The molecule has 0 atom stereocenters. The van der Waals surface area contributed by atoms with Gasteiger partial charge in [0, 0.05) is 12.0 Å². The lowest BCUT2D eigenvalue weighted by atomic mass is 9.74. The molecule has 2 aliphatic rings. The van der Waals surface area contributed by atoms with E-state index in [0.717, 1.165) is 19.3 Å². The SMILES string of the molecule is O=C1CC2(CCC2)Nc2nc(Cl)ncc2N1. The minimum atomic E-state index is -0.118. The summed E-state index contributed by atoms with van der Waals surface area (Å²) in [4.78, 5) is 19.7. The average Bonchev–Trinajstić information content (AvgIpc) is 2.32. The molecule has 1 aromatic heterocycles. The lowest BCUT2D eigenvalue weighted by Crippen LogP contribution is -2.46. The van der Waals surface area contributed by atoms with Gasteiger partial charge in [-0.25, -0.2) is 4.98 Å². The van der Waals surface area contributed by atoms with Crippen molar-refractivity contribution in [2.75, 3.05) is 10.6 Å². The summed E-state index contributed by atoms with van der Waals surface area (Å²) in [6.07, 6.45) is 5.17. The zero-order valence-electron chi connectivity index (χ0n) is 8.59. The molecule has 0 radical (unpaired) electrons. The average molecular weight is 239 g/mol. The second-order valence-electron chi connectivity index (χ2n) is 4.39. The van der Waals surface area contributed by atoms with Gasteiger partial charge in [0.2, 0.25) is 11.2 Å². The first-order valence-corrected chi connectivity index (χ1v) is 5.65. The first kappa shape index (κ1) is 9.84. The summed E-state index contributed by atoms with van der Waals surface area (Å²) in [5.41, 5.74) is 0.491. The number of hydrogen-bond donors (Lipinski definition) is 2. The van der Waals surface area contributed by atoms with Gasteiger partial charge in [-0.3, -0.25) is 4.79 Å². The summed E-state index contributed by atoms with van der Waals surface area (Å²) in [5, 5.41) is 6.30. The highest BCUT2D eigenvalue weighted by molar-refractivity contribution is 6.28. The number of rotatable bonds is 0. The van der Waals surface area contributed by atoms with Crippen LogP contribution in [0.15, 0.2) is 6.20 Å². The fourth-order valence-corrected chi connectivity index (χ4v) is 2.38. The van der Waals surface area contributed by atoms with Crippen molar-refractivity contribution in [1.82, 2.24) is 9.97 Å². The molecular weight excluding hydrogens is 228 g/mol. The van der Waals surface area contributed by atoms with Crippen LogP contribution in [0.25, 0.3) is 0 Å². The van der Waals surface area contributed by atoms with Gasteiger partial charge < -0.3 is 10.6 Å². The van der Waals surface area contributed by atoms with Crippen LogP contribution in [0.2, 0.25) is 5.28 Å². The topological polar surface area (TPSA) is 66.9 Å². The summed E-state index contributed by atoms with van der Waals surface area (Å²) < 4.78 is 0. The maximum atomic E-state index is 11.7. The van der Waals surface area contributed by atoms with E-state index in [2.05, 4.69) is 20.6 Å². The fraction of sp³-hybridized carbons (Fsp3) is 0.500. The maximum absolute atomic E-state index is 11.7. The molecule has 6 heteroatoms. The second kappa shape index (κ2) is 3.31. The molecule has 1 amide bonds. The van der Waals surface area contributed by atoms with Gasteiger partial charge in [-0.15, -0.1) is 0 Å². The molecule has 2 heterocycles. The first-order valence-electron chi connectivity index (χ1n) is 5.28. The highest BCUT2D eigenvalue weighted by atomic mass is 35.5. The summed E-state index contributed by atoms with van der Waals surface area (Å²) in [7, 11) is 0. The standard InChI is InChI=1S/C10H11ClN4O/c11-9-12-5-6-8(14-9)15-10(2-1-3-10)4-7(16)13-6/h5H,1-4H2,(H,13,16)(H,12,14,15). The number of amides is 1. The zero-order chi connectivity index (χ0) is 11.2. The molecule has 5 nitrogen and oxygen atoms in total. The smallest absolute Gasteiger partial charge is 0.226 e. The Labute approximate surface area is 97.6 Å². The molecule has 1 aliphatic carbocycles. The van der Waals surface area contributed by atoms with E-state index >= 15 is 0 Å². The Balaban J connectivity index is 2.02. The Morgan fingerprint density at radius 3 is 2.94 bits per heavy atom. The Bertz CT molecular complexity index is 458. The van der Waals surface area contributed by atoms with Gasteiger partial charge in [-0.1, -0.05) is 0 Å². The molecule has 0 aromatic carbocycles. The molecule has 3 rings (SSSR count). The lowest BCUT2D eigenvalue weighted by Gasteiger charge is -2.41. The summed E-state index contributed by atoms with van der Waals surface area (Å²) in [6.45, 7) is 0. The van der Waals surface area contributed by atoms with Crippen LogP contribution in [0.4, 0.5) is 11.5 Å². The van der Waals surface area contributed by atoms with Crippen LogP contribution in [0.3, 0.4) is 0 Å². The van der Waals surface area contributed by atoms with Gasteiger partial charge in [-0.2, -0.15) is 4.98 Å². The quantitative estimate of drug-likeness (QED) is 0.677. The monoisotopic (exact) mass is 238 g/mol. The highest BCUT2D eigenvalue weighted by Gasteiger charge is 2.41. The fourth-order valence-electron chi connectivity index (χ4n) is 2.25. The van der Waals surface area contributed by atoms with Crippen molar-refractivity contribution in [2.45, 2.75) is 31.2 Å². The molecule has 16 heavy (non-hydrogen) atoms. The van der Waals surface area contributed by atoms with E-state index in [1.807, 2.05) is 0 Å². The van der Waals surface area contributed by atoms with Crippen molar-refractivity contribution in [3.63, 3.8) is 0 Å². The minimum absolute atomic E-state index is 0.0110. The van der Waals surface area contributed by atoms with Crippen LogP contribution < -0.4 is 10.6 Å².